The van der Waals surface area contributed by atoms with Gasteiger partial charge >= 0.3 is 20.1 Å². The summed E-state index contributed by atoms with van der Waals surface area (Å²) in [5, 5.41) is 0. The second kappa shape index (κ2) is 6.07. The Bertz CT molecular complexity index is 587. The SMILES string of the molecule is CC1(C)OB(c2ccc(OC(F)(F)F)c(OC(F)F)c2)OC1(C)C. The van der Waals surface area contributed by atoms with E-state index in [1.165, 1.54) is 6.07 Å². The van der Waals surface area contributed by atoms with E-state index in [0.717, 1.165) is 12.1 Å². The van der Waals surface area contributed by atoms with E-state index in [9.17, 15) is 22.0 Å². The number of ether oxygens (including phenoxy) is 2. The quantitative estimate of drug-likeness (QED) is 0.613. The van der Waals surface area contributed by atoms with Gasteiger partial charge in [0.05, 0.1) is 11.2 Å². The standard InChI is InChI=1S/C14H16BF5O4/c1-12(2)13(3,4)24-15(23-12)8-5-6-9(22-14(18,19)20)10(7-8)21-11(16)17/h5-7,11H,1-4H3. The summed E-state index contributed by atoms with van der Waals surface area (Å²) in [6.45, 7) is 3.82. The zero-order valence-corrected chi connectivity index (χ0v) is 13.4. The van der Waals surface area contributed by atoms with E-state index in [-0.39, 0.29) is 5.46 Å². The van der Waals surface area contributed by atoms with Gasteiger partial charge in [-0.15, -0.1) is 13.2 Å². The van der Waals surface area contributed by atoms with Crippen LogP contribution < -0.4 is 14.9 Å². The summed E-state index contributed by atoms with van der Waals surface area (Å²) in [5.74, 6) is -1.63. The molecule has 2 rings (SSSR count). The molecule has 1 saturated heterocycles. The van der Waals surface area contributed by atoms with Crippen LogP contribution in [0.4, 0.5) is 22.0 Å². The molecule has 0 amide bonds. The molecule has 0 aromatic heterocycles. The van der Waals surface area contributed by atoms with Crippen molar-refractivity contribution < 1.29 is 40.7 Å². The van der Waals surface area contributed by atoms with Crippen molar-refractivity contribution >= 4 is 12.6 Å². The normalized spacial score (nSPS) is 19.7. The predicted octanol–water partition coefficient (Wildman–Crippen LogP) is 3.49. The Kier molecular flexibility index (Phi) is 4.75. The van der Waals surface area contributed by atoms with Crippen molar-refractivity contribution in [2.45, 2.75) is 51.9 Å². The number of rotatable bonds is 4. The van der Waals surface area contributed by atoms with E-state index >= 15 is 0 Å². The van der Waals surface area contributed by atoms with Gasteiger partial charge in [0.1, 0.15) is 0 Å². The summed E-state index contributed by atoms with van der Waals surface area (Å²) < 4.78 is 81.2. The van der Waals surface area contributed by atoms with E-state index in [2.05, 4.69) is 9.47 Å². The number of hydrogen-bond acceptors (Lipinski definition) is 4. The first-order valence-electron chi connectivity index (χ1n) is 7.01. The summed E-state index contributed by atoms with van der Waals surface area (Å²) >= 11 is 0. The average Bonchev–Trinajstić information content (AvgIpc) is 2.58. The molecule has 0 saturated carbocycles. The Morgan fingerprint density at radius 3 is 2.00 bits per heavy atom. The number of benzene rings is 1. The minimum absolute atomic E-state index is 0.235. The summed E-state index contributed by atoms with van der Waals surface area (Å²) in [6.07, 6.45) is -5.04. The fraction of sp³-hybridized carbons (Fsp3) is 0.571. The lowest BCUT2D eigenvalue weighted by atomic mass is 9.79. The van der Waals surface area contributed by atoms with Gasteiger partial charge in [0, 0.05) is 0 Å². The van der Waals surface area contributed by atoms with Crippen LogP contribution in [0.1, 0.15) is 27.7 Å². The van der Waals surface area contributed by atoms with Crippen molar-refractivity contribution in [3.8, 4) is 11.5 Å². The fourth-order valence-corrected chi connectivity index (χ4v) is 2.05. The molecule has 1 heterocycles. The number of halogens is 5. The van der Waals surface area contributed by atoms with Crippen LogP contribution >= 0.6 is 0 Å². The molecule has 134 valence electrons. The molecule has 1 aromatic rings. The van der Waals surface area contributed by atoms with E-state index in [0.29, 0.717) is 0 Å². The number of alkyl halides is 5. The monoisotopic (exact) mass is 354 g/mol. The second-order valence-corrected chi connectivity index (χ2v) is 6.22. The molecule has 0 bridgehead atoms. The van der Waals surface area contributed by atoms with Gasteiger partial charge in [0.25, 0.3) is 0 Å². The lowest BCUT2D eigenvalue weighted by Crippen LogP contribution is -2.41. The van der Waals surface area contributed by atoms with Crippen LogP contribution in [-0.2, 0) is 9.31 Å². The van der Waals surface area contributed by atoms with Crippen LogP contribution in [0.3, 0.4) is 0 Å². The highest BCUT2D eigenvalue weighted by molar-refractivity contribution is 6.62. The molecule has 0 unspecified atom stereocenters. The third-order valence-electron chi connectivity index (χ3n) is 3.93. The van der Waals surface area contributed by atoms with Crippen LogP contribution in [0.25, 0.3) is 0 Å². The average molecular weight is 354 g/mol. The van der Waals surface area contributed by atoms with Crippen LogP contribution in [0.15, 0.2) is 18.2 Å². The maximum absolute atomic E-state index is 12.5. The van der Waals surface area contributed by atoms with Crippen molar-refractivity contribution in [3.63, 3.8) is 0 Å². The first kappa shape index (κ1) is 18.8. The Hall–Kier alpha value is -1.55. The topological polar surface area (TPSA) is 36.9 Å². The zero-order chi connectivity index (χ0) is 18.3. The number of hydrogen-bond donors (Lipinski definition) is 0. The third-order valence-corrected chi connectivity index (χ3v) is 3.93. The van der Waals surface area contributed by atoms with Crippen LogP contribution in [0.2, 0.25) is 0 Å². The lowest BCUT2D eigenvalue weighted by Gasteiger charge is -2.32. The van der Waals surface area contributed by atoms with E-state index in [1.54, 1.807) is 27.7 Å². The molecule has 1 aromatic carbocycles. The van der Waals surface area contributed by atoms with Crippen molar-refractivity contribution in [2.24, 2.45) is 0 Å². The summed E-state index contributed by atoms with van der Waals surface area (Å²) in [5.41, 5.74) is -1.15. The third kappa shape index (κ3) is 4.10. The highest BCUT2D eigenvalue weighted by Crippen LogP contribution is 2.38. The zero-order valence-electron chi connectivity index (χ0n) is 13.4. The highest BCUT2D eigenvalue weighted by Gasteiger charge is 2.52. The van der Waals surface area contributed by atoms with Gasteiger partial charge in [0.15, 0.2) is 11.5 Å². The predicted molar refractivity (Wildman–Crippen MR) is 75.5 cm³/mol. The molecule has 4 nitrogen and oxygen atoms in total. The first-order valence-corrected chi connectivity index (χ1v) is 7.01. The largest absolute Gasteiger partial charge is 0.573 e. The van der Waals surface area contributed by atoms with Crippen LogP contribution in [0.5, 0.6) is 11.5 Å². The van der Waals surface area contributed by atoms with E-state index in [4.69, 9.17) is 9.31 Å². The molecule has 0 radical (unpaired) electrons. The molecule has 0 aliphatic carbocycles. The maximum Gasteiger partial charge on any atom is 0.573 e. The van der Waals surface area contributed by atoms with Gasteiger partial charge in [-0.2, -0.15) is 8.78 Å². The summed E-state index contributed by atoms with van der Waals surface area (Å²) in [4.78, 5) is 0. The fourth-order valence-electron chi connectivity index (χ4n) is 2.05. The molecular weight excluding hydrogens is 338 g/mol. The van der Waals surface area contributed by atoms with Crippen molar-refractivity contribution in [2.75, 3.05) is 0 Å². The maximum atomic E-state index is 12.5. The van der Waals surface area contributed by atoms with Gasteiger partial charge in [-0.1, -0.05) is 6.07 Å². The molecule has 0 atom stereocenters. The minimum atomic E-state index is -5.04. The Balaban J connectivity index is 2.33. The Labute approximate surface area is 136 Å². The van der Waals surface area contributed by atoms with E-state index < -0.39 is 42.8 Å². The van der Waals surface area contributed by atoms with Gasteiger partial charge in [-0.05, 0) is 45.3 Å². The minimum Gasteiger partial charge on any atom is -0.431 e. The van der Waals surface area contributed by atoms with Crippen LogP contribution in [-0.4, -0.2) is 31.3 Å². The molecule has 0 spiro atoms. The molecule has 1 fully saturated rings. The lowest BCUT2D eigenvalue weighted by molar-refractivity contribution is -0.275. The Morgan fingerprint density at radius 2 is 1.54 bits per heavy atom. The summed E-state index contributed by atoms with van der Waals surface area (Å²) in [6, 6.07) is 3.10. The van der Waals surface area contributed by atoms with Crippen LogP contribution in [0, 0.1) is 0 Å². The molecule has 1 aliphatic rings. The highest BCUT2D eigenvalue weighted by atomic mass is 19.4. The first-order chi connectivity index (χ1) is 10.8. The van der Waals surface area contributed by atoms with Crippen molar-refractivity contribution in [1.29, 1.82) is 0 Å². The van der Waals surface area contributed by atoms with Gasteiger partial charge in [0.2, 0.25) is 0 Å². The molecular formula is C14H16BF5O4. The smallest absolute Gasteiger partial charge is 0.431 e. The van der Waals surface area contributed by atoms with Crippen molar-refractivity contribution in [3.05, 3.63) is 18.2 Å². The summed E-state index contributed by atoms with van der Waals surface area (Å²) in [7, 11) is -0.935. The van der Waals surface area contributed by atoms with Gasteiger partial charge in [-0.3, -0.25) is 0 Å². The molecule has 1 aliphatic heterocycles. The molecule has 10 heteroatoms. The van der Waals surface area contributed by atoms with Gasteiger partial charge < -0.3 is 18.8 Å². The van der Waals surface area contributed by atoms with Crippen molar-refractivity contribution in [1.82, 2.24) is 0 Å². The second-order valence-electron chi connectivity index (χ2n) is 6.22. The molecule has 0 N–H and O–H groups in total. The Morgan fingerprint density at radius 1 is 1.00 bits per heavy atom. The molecule has 24 heavy (non-hydrogen) atoms. The van der Waals surface area contributed by atoms with Gasteiger partial charge in [-0.25, -0.2) is 0 Å². The van der Waals surface area contributed by atoms with E-state index in [1.807, 2.05) is 0 Å².